The molecule has 0 aliphatic heterocycles. The van der Waals surface area contributed by atoms with Gasteiger partial charge in [0.05, 0.1) is 11.9 Å². The molecule has 0 bridgehead atoms. The summed E-state index contributed by atoms with van der Waals surface area (Å²) in [6.45, 7) is 2.24. The SMILES string of the molecule is Cc1ccc(N(CCCC(=O)NCc2ccccc2F)S(C)(=O)=O)cc1. The van der Waals surface area contributed by atoms with Crippen LogP contribution in [-0.2, 0) is 21.4 Å². The lowest BCUT2D eigenvalue weighted by Gasteiger charge is -2.22. The third-order valence-corrected chi connectivity index (χ3v) is 5.12. The molecule has 0 saturated carbocycles. The number of hydrogen-bond acceptors (Lipinski definition) is 3. The minimum Gasteiger partial charge on any atom is -0.352 e. The van der Waals surface area contributed by atoms with Crippen molar-refractivity contribution in [1.82, 2.24) is 5.32 Å². The second kappa shape index (κ2) is 8.80. The van der Waals surface area contributed by atoms with Crippen molar-refractivity contribution in [2.75, 3.05) is 17.1 Å². The number of aryl methyl sites for hydroxylation is 1. The van der Waals surface area contributed by atoms with Gasteiger partial charge in [-0.25, -0.2) is 12.8 Å². The molecule has 0 aliphatic carbocycles. The largest absolute Gasteiger partial charge is 0.352 e. The predicted molar refractivity (Wildman–Crippen MR) is 101 cm³/mol. The molecule has 26 heavy (non-hydrogen) atoms. The Morgan fingerprint density at radius 3 is 2.38 bits per heavy atom. The summed E-state index contributed by atoms with van der Waals surface area (Å²) in [5, 5.41) is 2.65. The Labute approximate surface area is 153 Å². The third kappa shape index (κ3) is 5.84. The van der Waals surface area contributed by atoms with Crippen LogP contribution in [0.25, 0.3) is 0 Å². The molecule has 7 heteroatoms. The summed E-state index contributed by atoms with van der Waals surface area (Å²) in [7, 11) is -3.44. The molecule has 0 radical (unpaired) electrons. The van der Waals surface area contributed by atoms with Gasteiger partial charge in [-0.3, -0.25) is 9.10 Å². The van der Waals surface area contributed by atoms with Crippen LogP contribution in [0.15, 0.2) is 48.5 Å². The highest BCUT2D eigenvalue weighted by molar-refractivity contribution is 7.92. The van der Waals surface area contributed by atoms with E-state index in [0.717, 1.165) is 11.8 Å². The minimum atomic E-state index is -3.44. The summed E-state index contributed by atoms with van der Waals surface area (Å²) < 4.78 is 38.9. The van der Waals surface area contributed by atoms with Crippen LogP contribution in [0.5, 0.6) is 0 Å². The summed E-state index contributed by atoms with van der Waals surface area (Å²) in [5.74, 6) is -0.610. The van der Waals surface area contributed by atoms with Crippen molar-refractivity contribution in [3.8, 4) is 0 Å². The molecule has 1 N–H and O–H groups in total. The summed E-state index contributed by atoms with van der Waals surface area (Å²) in [6, 6.07) is 13.4. The number of carbonyl (C=O) groups excluding carboxylic acids is 1. The first-order chi connectivity index (χ1) is 12.3. The highest BCUT2D eigenvalue weighted by Gasteiger charge is 2.17. The lowest BCUT2D eigenvalue weighted by Crippen LogP contribution is -2.32. The van der Waals surface area contributed by atoms with Crippen LogP contribution in [-0.4, -0.2) is 27.1 Å². The van der Waals surface area contributed by atoms with E-state index < -0.39 is 10.0 Å². The molecule has 2 aromatic rings. The molecular weight excluding hydrogens is 355 g/mol. The van der Waals surface area contributed by atoms with Crippen molar-refractivity contribution in [2.45, 2.75) is 26.3 Å². The van der Waals surface area contributed by atoms with Crippen molar-refractivity contribution in [2.24, 2.45) is 0 Å². The number of nitrogens with one attached hydrogen (secondary N) is 1. The maximum atomic E-state index is 13.5. The van der Waals surface area contributed by atoms with Crippen LogP contribution in [0.2, 0.25) is 0 Å². The third-order valence-electron chi connectivity index (χ3n) is 3.92. The van der Waals surface area contributed by atoms with Gasteiger partial charge in [0.2, 0.25) is 15.9 Å². The first-order valence-corrected chi connectivity index (χ1v) is 10.2. The first kappa shape index (κ1) is 19.9. The van der Waals surface area contributed by atoms with Gasteiger partial charge in [0.25, 0.3) is 0 Å². The van der Waals surface area contributed by atoms with Crippen molar-refractivity contribution >= 4 is 21.6 Å². The van der Waals surface area contributed by atoms with Gasteiger partial charge in [0.15, 0.2) is 0 Å². The average molecular weight is 378 g/mol. The smallest absolute Gasteiger partial charge is 0.232 e. The van der Waals surface area contributed by atoms with Gasteiger partial charge in [0, 0.05) is 25.1 Å². The summed E-state index contributed by atoms with van der Waals surface area (Å²) in [4.78, 5) is 11.9. The monoisotopic (exact) mass is 378 g/mol. The van der Waals surface area contributed by atoms with Crippen LogP contribution >= 0.6 is 0 Å². The quantitative estimate of drug-likeness (QED) is 0.768. The van der Waals surface area contributed by atoms with Crippen molar-refractivity contribution in [1.29, 1.82) is 0 Å². The summed E-state index contributed by atoms with van der Waals surface area (Å²) in [5.41, 5.74) is 2.03. The molecule has 1 amide bonds. The lowest BCUT2D eigenvalue weighted by atomic mass is 10.2. The Morgan fingerprint density at radius 2 is 1.77 bits per heavy atom. The number of halogens is 1. The lowest BCUT2D eigenvalue weighted by molar-refractivity contribution is -0.121. The summed E-state index contributed by atoms with van der Waals surface area (Å²) in [6.07, 6.45) is 1.67. The average Bonchev–Trinajstić information content (AvgIpc) is 2.58. The highest BCUT2D eigenvalue weighted by Crippen LogP contribution is 2.18. The zero-order valence-corrected chi connectivity index (χ0v) is 15.7. The zero-order chi connectivity index (χ0) is 19.2. The minimum absolute atomic E-state index is 0.110. The van der Waals surface area contributed by atoms with Crippen LogP contribution in [0.3, 0.4) is 0 Å². The van der Waals surface area contributed by atoms with Crippen LogP contribution in [0.1, 0.15) is 24.0 Å². The van der Waals surface area contributed by atoms with E-state index in [2.05, 4.69) is 5.32 Å². The molecule has 0 spiro atoms. The van der Waals surface area contributed by atoms with Gasteiger partial charge in [-0.1, -0.05) is 35.9 Å². The number of carbonyl (C=O) groups is 1. The Bertz CT molecular complexity index is 851. The van der Waals surface area contributed by atoms with Gasteiger partial charge in [-0.05, 0) is 31.5 Å². The number of sulfonamides is 1. The fourth-order valence-corrected chi connectivity index (χ4v) is 3.47. The van der Waals surface area contributed by atoms with Crippen LogP contribution in [0, 0.1) is 12.7 Å². The van der Waals surface area contributed by atoms with E-state index in [1.807, 2.05) is 19.1 Å². The van der Waals surface area contributed by atoms with E-state index in [-0.39, 0.29) is 31.2 Å². The molecule has 0 aromatic heterocycles. The molecule has 2 rings (SSSR count). The molecule has 2 aromatic carbocycles. The normalized spacial score (nSPS) is 11.2. The van der Waals surface area contributed by atoms with E-state index in [9.17, 15) is 17.6 Å². The van der Waals surface area contributed by atoms with Crippen LogP contribution < -0.4 is 9.62 Å². The molecule has 140 valence electrons. The Balaban J connectivity index is 1.88. The van der Waals surface area contributed by atoms with Gasteiger partial charge in [-0.2, -0.15) is 0 Å². The maximum absolute atomic E-state index is 13.5. The van der Waals surface area contributed by atoms with E-state index in [0.29, 0.717) is 17.7 Å². The van der Waals surface area contributed by atoms with Gasteiger partial charge >= 0.3 is 0 Å². The standard InChI is InChI=1S/C19H23FN2O3S/c1-15-9-11-17(12-10-15)22(26(2,24)25)13-5-8-19(23)21-14-16-6-3-4-7-18(16)20/h3-4,6-7,9-12H,5,8,13-14H2,1-2H3,(H,21,23). The maximum Gasteiger partial charge on any atom is 0.232 e. The fraction of sp³-hybridized carbons (Fsp3) is 0.316. The molecule has 0 aliphatic rings. The Kier molecular flexibility index (Phi) is 6.74. The number of rotatable bonds is 8. The highest BCUT2D eigenvalue weighted by atomic mass is 32.2. The number of anilines is 1. The van der Waals surface area contributed by atoms with E-state index in [4.69, 9.17) is 0 Å². The molecular formula is C19H23FN2O3S. The molecule has 0 fully saturated rings. The Hall–Kier alpha value is -2.41. The van der Waals surface area contributed by atoms with Gasteiger partial charge in [-0.15, -0.1) is 0 Å². The van der Waals surface area contributed by atoms with Gasteiger partial charge in [0.1, 0.15) is 5.82 Å². The van der Waals surface area contributed by atoms with Crippen molar-refractivity contribution in [3.05, 3.63) is 65.5 Å². The topological polar surface area (TPSA) is 66.5 Å². The predicted octanol–water partition coefficient (Wildman–Crippen LogP) is 3.00. The van der Waals surface area contributed by atoms with Crippen LogP contribution in [0.4, 0.5) is 10.1 Å². The number of nitrogens with zero attached hydrogens (tertiary/aromatic N) is 1. The molecule has 0 unspecified atom stereocenters. The van der Waals surface area contributed by atoms with Crippen molar-refractivity contribution in [3.63, 3.8) is 0 Å². The second-order valence-corrected chi connectivity index (χ2v) is 8.05. The Morgan fingerprint density at radius 1 is 1.12 bits per heavy atom. The van der Waals surface area contributed by atoms with Gasteiger partial charge < -0.3 is 5.32 Å². The zero-order valence-electron chi connectivity index (χ0n) is 14.9. The van der Waals surface area contributed by atoms with E-state index in [1.54, 1.807) is 30.3 Å². The molecule has 0 atom stereocenters. The fourth-order valence-electron chi connectivity index (χ4n) is 2.50. The number of amides is 1. The summed E-state index contributed by atoms with van der Waals surface area (Å²) >= 11 is 0. The number of hydrogen-bond donors (Lipinski definition) is 1. The van der Waals surface area contributed by atoms with Crippen molar-refractivity contribution < 1.29 is 17.6 Å². The van der Waals surface area contributed by atoms with E-state index in [1.165, 1.54) is 10.4 Å². The molecule has 0 saturated heterocycles. The van der Waals surface area contributed by atoms with E-state index >= 15 is 0 Å². The second-order valence-electron chi connectivity index (χ2n) is 6.14. The first-order valence-electron chi connectivity index (χ1n) is 8.32. The molecule has 5 nitrogen and oxygen atoms in total. The number of benzene rings is 2. The molecule has 0 heterocycles.